The molecule has 0 aromatic carbocycles. The average molecular weight is 297 g/mol. The smallest absolute Gasteiger partial charge is 0.303 e. The van der Waals surface area contributed by atoms with E-state index in [0.29, 0.717) is 11.7 Å². The van der Waals surface area contributed by atoms with Crippen molar-refractivity contribution in [3.05, 3.63) is 11.1 Å². The molecule has 7 heteroatoms. The number of carboxylic acids is 1. The Bertz CT molecular complexity index is 489. The van der Waals surface area contributed by atoms with Crippen LogP contribution in [-0.4, -0.2) is 40.0 Å². The Morgan fingerprint density at radius 2 is 2.40 bits per heavy atom. The number of piperidine rings is 1. The van der Waals surface area contributed by atoms with Crippen LogP contribution in [0.3, 0.4) is 0 Å². The summed E-state index contributed by atoms with van der Waals surface area (Å²) in [5.74, 6) is -0.612. The number of likely N-dealkylation sites (tertiary alicyclic amines) is 1. The summed E-state index contributed by atoms with van der Waals surface area (Å²) in [6, 6.07) is 0. The number of rotatable bonds is 5. The Hall–Kier alpha value is -1.47. The monoisotopic (exact) mass is 297 g/mol. The number of aromatic nitrogens is 1. The van der Waals surface area contributed by atoms with Crippen molar-refractivity contribution in [3.8, 4) is 0 Å². The standard InChI is InChI=1S/C13H19N3O3S/c1-9(17)14-13-15-11(8-20-13)7-16-4-2-3-10(6-16)5-12(18)19/h8,10H,2-7H2,1H3,(H,18,19)(H,14,15,17). The zero-order chi connectivity index (χ0) is 14.5. The quantitative estimate of drug-likeness (QED) is 0.866. The fraction of sp³-hybridized carbons (Fsp3) is 0.615. The Morgan fingerprint density at radius 3 is 3.10 bits per heavy atom. The number of thiazole rings is 1. The number of amides is 1. The molecule has 1 atom stereocenters. The van der Waals surface area contributed by atoms with Gasteiger partial charge in [0, 0.05) is 31.8 Å². The minimum Gasteiger partial charge on any atom is -0.481 e. The van der Waals surface area contributed by atoms with Gasteiger partial charge < -0.3 is 10.4 Å². The fourth-order valence-corrected chi connectivity index (χ4v) is 3.27. The zero-order valence-corrected chi connectivity index (χ0v) is 12.3. The third-order valence-electron chi connectivity index (χ3n) is 3.29. The molecular weight excluding hydrogens is 278 g/mol. The molecule has 1 saturated heterocycles. The first-order valence-electron chi connectivity index (χ1n) is 6.69. The molecule has 6 nitrogen and oxygen atoms in total. The molecule has 0 bridgehead atoms. The van der Waals surface area contributed by atoms with E-state index in [1.165, 1.54) is 18.3 Å². The first kappa shape index (κ1) is 14.9. The third kappa shape index (κ3) is 4.57. The Kier molecular flexibility index (Phi) is 5.08. The topological polar surface area (TPSA) is 82.5 Å². The highest BCUT2D eigenvalue weighted by atomic mass is 32.1. The van der Waals surface area contributed by atoms with E-state index in [-0.39, 0.29) is 18.2 Å². The van der Waals surface area contributed by atoms with Crippen molar-refractivity contribution in [3.63, 3.8) is 0 Å². The number of carbonyl (C=O) groups is 2. The van der Waals surface area contributed by atoms with Crippen LogP contribution in [0, 0.1) is 5.92 Å². The van der Waals surface area contributed by atoms with Crippen molar-refractivity contribution in [1.82, 2.24) is 9.88 Å². The van der Waals surface area contributed by atoms with Crippen molar-refractivity contribution >= 4 is 28.3 Å². The maximum absolute atomic E-state index is 10.9. The summed E-state index contributed by atoms with van der Waals surface area (Å²) in [4.78, 5) is 28.3. The molecule has 1 amide bonds. The normalized spacial score (nSPS) is 19.8. The number of nitrogens with zero attached hydrogens (tertiary/aromatic N) is 2. The second-order valence-electron chi connectivity index (χ2n) is 5.17. The van der Waals surface area contributed by atoms with Gasteiger partial charge in [-0.25, -0.2) is 4.98 Å². The van der Waals surface area contributed by atoms with Gasteiger partial charge >= 0.3 is 5.97 Å². The van der Waals surface area contributed by atoms with Crippen LogP contribution in [0.4, 0.5) is 5.13 Å². The Balaban J connectivity index is 1.87. The molecule has 1 aliphatic heterocycles. The number of hydrogen-bond acceptors (Lipinski definition) is 5. The summed E-state index contributed by atoms with van der Waals surface area (Å²) in [6.07, 6.45) is 2.25. The van der Waals surface area contributed by atoms with Crippen molar-refractivity contribution in [2.24, 2.45) is 5.92 Å². The van der Waals surface area contributed by atoms with Crippen LogP contribution in [0.15, 0.2) is 5.38 Å². The lowest BCUT2D eigenvalue weighted by atomic mass is 9.95. The van der Waals surface area contributed by atoms with Crippen LogP contribution >= 0.6 is 11.3 Å². The average Bonchev–Trinajstić information content (AvgIpc) is 2.75. The minimum absolute atomic E-state index is 0.120. The zero-order valence-electron chi connectivity index (χ0n) is 11.5. The lowest BCUT2D eigenvalue weighted by Crippen LogP contribution is -2.35. The van der Waals surface area contributed by atoms with Gasteiger partial charge in [-0.15, -0.1) is 11.3 Å². The van der Waals surface area contributed by atoms with Gasteiger partial charge in [-0.05, 0) is 25.3 Å². The van der Waals surface area contributed by atoms with Crippen molar-refractivity contribution in [2.75, 3.05) is 18.4 Å². The highest BCUT2D eigenvalue weighted by Crippen LogP contribution is 2.22. The molecular formula is C13H19N3O3S. The molecule has 20 heavy (non-hydrogen) atoms. The number of carboxylic acid groups (broad SMARTS) is 1. The SMILES string of the molecule is CC(=O)Nc1nc(CN2CCCC(CC(=O)O)C2)cs1. The first-order chi connectivity index (χ1) is 9.52. The predicted octanol–water partition coefficient (Wildman–Crippen LogP) is 1.79. The lowest BCUT2D eigenvalue weighted by Gasteiger charge is -2.31. The summed E-state index contributed by atoms with van der Waals surface area (Å²) in [7, 11) is 0. The molecule has 0 aliphatic carbocycles. The van der Waals surface area contributed by atoms with Gasteiger partial charge in [-0.3, -0.25) is 14.5 Å². The molecule has 1 aromatic heterocycles. The second-order valence-corrected chi connectivity index (χ2v) is 6.02. The number of hydrogen-bond donors (Lipinski definition) is 2. The molecule has 1 unspecified atom stereocenters. The van der Waals surface area contributed by atoms with Crippen LogP contribution in [0.5, 0.6) is 0 Å². The van der Waals surface area contributed by atoms with Crippen LogP contribution in [0.1, 0.15) is 31.9 Å². The second kappa shape index (κ2) is 6.81. The van der Waals surface area contributed by atoms with E-state index in [0.717, 1.165) is 31.6 Å². The van der Waals surface area contributed by atoms with Gasteiger partial charge in [-0.2, -0.15) is 0 Å². The van der Waals surface area contributed by atoms with Gasteiger partial charge in [0.15, 0.2) is 5.13 Å². The van der Waals surface area contributed by atoms with Crippen molar-refractivity contribution < 1.29 is 14.7 Å². The molecule has 1 aromatic rings. The molecule has 0 saturated carbocycles. The summed E-state index contributed by atoms with van der Waals surface area (Å²) in [5, 5.41) is 14.1. The van der Waals surface area contributed by atoms with E-state index in [1.54, 1.807) is 0 Å². The van der Waals surface area contributed by atoms with Crippen LogP contribution in [0.25, 0.3) is 0 Å². The van der Waals surface area contributed by atoms with E-state index < -0.39 is 5.97 Å². The van der Waals surface area contributed by atoms with Crippen LogP contribution in [0.2, 0.25) is 0 Å². The van der Waals surface area contributed by atoms with E-state index in [4.69, 9.17) is 5.11 Å². The number of aliphatic carboxylic acids is 1. The maximum atomic E-state index is 10.9. The minimum atomic E-state index is -0.724. The molecule has 0 spiro atoms. The van der Waals surface area contributed by atoms with E-state index in [9.17, 15) is 9.59 Å². The summed E-state index contributed by atoms with van der Waals surface area (Å²) < 4.78 is 0. The van der Waals surface area contributed by atoms with Crippen LogP contribution in [-0.2, 0) is 16.1 Å². The summed E-state index contributed by atoms with van der Waals surface area (Å²) in [5.41, 5.74) is 0.926. The molecule has 2 heterocycles. The fourth-order valence-electron chi connectivity index (χ4n) is 2.53. The Morgan fingerprint density at radius 1 is 1.60 bits per heavy atom. The highest BCUT2D eigenvalue weighted by Gasteiger charge is 2.22. The molecule has 110 valence electrons. The maximum Gasteiger partial charge on any atom is 0.303 e. The van der Waals surface area contributed by atoms with Crippen molar-refractivity contribution in [2.45, 2.75) is 32.7 Å². The van der Waals surface area contributed by atoms with Crippen LogP contribution < -0.4 is 5.32 Å². The van der Waals surface area contributed by atoms with Gasteiger partial charge in [0.25, 0.3) is 0 Å². The van der Waals surface area contributed by atoms with E-state index in [2.05, 4.69) is 15.2 Å². The van der Waals surface area contributed by atoms with Gasteiger partial charge in [0.2, 0.25) is 5.91 Å². The molecule has 2 N–H and O–H groups in total. The lowest BCUT2D eigenvalue weighted by molar-refractivity contribution is -0.138. The van der Waals surface area contributed by atoms with Crippen molar-refractivity contribution in [1.29, 1.82) is 0 Å². The number of carbonyl (C=O) groups excluding carboxylic acids is 1. The number of nitrogens with one attached hydrogen (secondary N) is 1. The largest absolute Gasteiger partial charge is 0.481 e. The van der Waals surface area contributed by atoms with E-state index >= 15 is 0 Å². The van der Waals surface area contributed by atoms with Gasteiger partial charge in [-0.1, -0.05) is 0 Å². The van der Waals surface area contributed by atoms with Gasteiger partial charge in [0.1, 0.15) is 0 Å². The van der Waals surface area contributed by atoms with Gasteiger partial charge in [0.05, 0.1) is 5.69 Å². The summed E-state index contributed by atoms with van der Waals surface area (Å²) in [6.45, 7) is 3.96. The Labute approximate surface area is 121 Å². The molecule has 1 fully saturated rings. The van der Waals surface area contributed by atoms with E-state index in [1.807, 2.05) is 5.38 Å². The molecule has 0 radical (unpaired) electrons. The number of anilines is 1. The first-order valence-corrected chi connectivity index (χ1v) is 7.57. The highest BCUT2D eigenvalue weighted by molar-refractivity contribution is 7.13. The summed E-state index contributed by atoms with van der Waals surface area (Å²) >= 11 is 1.41. The predicted molar refractivity (Wildman–Crippen MR) is 76.7 cm³/mol. The molecule has 1 aliphatic rings. The molecule has 2 rings (SSSR count). The third-order valence-corrected chi connectivity index (χ3v) is 4.09.